The van der Waals surface area contributed by atoms with Crippen molar-refractivity contribution in [1.82, 2.24) is 5.32 Å². The molecule has 0 spiro atoms. The van der Waals surface area contributed by atoms with Gasteiger partial charge in [0.1, 0.15) is 0 Å². The third-order valence-corrected chi connectivity index (χ3v) is 3.49. The number of carbonyl (C=O) groups excluding carboxylic acids is 1. The minimum atomic E-state index is -4.14. The van der Waals surface area contributed by atoms with E-state index in [-0.39, 0.29) is 18.4 Å². The predicted molar refractivity (Wildman–Crippen MR) is 70.5 cm³/mol. The van der Waals surface area contributed by atoms with E-state index < -0.39 is 12.6 Å². The molecule has 2 rings (SSSR count). The molecule has 0 radical (unpaired) electrons. The summed E-state index contributed by atoms with van der Waals surface area (Å²) in [5.41, 5.74) is 2.57. The lowest BCUT2D eigenvalue weighted by molar-refractivity contribution is -0.136. The molecule has 1 atom stereocenters. The summed E-state index contributed by atoms with van der Waals surface area (Å²) in [6.07, 6.45) is -3.90. The zero-order valence-corrected chi connectivity index (χ0v) is 11.2. The summed E-state index contributed by atoms with van der Waals surface area (Å²) < 4.78 is 36.9. The van der Waals surface area contributed by atoms with Crippen LogP contribution in [0.5, 0.6) is 0 Å². The SMILES string of the molecule is CNC(CCC(F)(F)F)c1ccc2c(c1)CCC(=O)N2. The molecule has 0 saturated heterocycles. The molecule has 1 aliphatic rings. The van der Waals surface area contributed by atoms with Gasteiger partial charge in [-0.3, -0.25) is 4.79 Å². The smallest absolute Gasteiger partial charge is 0.326 e. The number of hydrogen-bond acceptors (Lipinski definition) is 2. The highest BCUT2D eigenvalue weighted by molar-refractivity contribution is 5.93. The van der Waals surface area contributed by atoms with Gasteiger partial charge in [-0.25, -0.2) is 0 Å². The average molecular weight is 286 g/mol. The van der Waals surface area contributed by atoms with Crippen LogP contribution in [0.2, 0.25) is 0 Å². The number of benzene rings is 1. The Morgan fingerprint density at radius 1 is 1.35 bits per heavy atom. The summed E-state index contributed by atoms with van der Waals surface area (Å²) in [7, 11) is 1.66. The molecule has 1 heterocycles. The molecule has 3 nitrogen and oxygen atoms in total. The van der Waals surface area contributed by atoms with Crippen LogP contribution in [0.3, 0.4) is 0 Å². The van der Waals surface area contributed by atoms with Crippen molar-refractivity contribution >= 4 is 11.6 Å². The summed E-state index contributed by atoms with van der Waals surface area (Å²) >= 11 is 0. The van der Waals surface area contributed by atoms with Crippen LogP contribution in [0.1, 0.15) is 36.4 Å². The van der Waals surface area contributed by atoms with Gasteiger partial charge < -0.3 is 10.6 Å². The molecule has 110 valence electrons. The van der Waals surface area contributed by atoms with Crippen LogP contribution in [0.25, 0.3) is 0 Å². The van der Waals surface area contributed by atoms with Crippen LogP contribution >= 0.6 is 0 Å². The molecule has 0 aromatic heterocycles. The molecular formula is C14H17F3N2O. The minimum Gasteiger partial charge on any atom is -0.326 e. The summed E-state index contributed by atoms with van der Waals surface area (Å²) in [6, 6.07) is 5.08. The maximum Gasteiger partial charge on any atom is 0.389 e. The zero-order valence-electron chi connectivity index (χ0n) is 11.2. The van der Waals surface area contributed by atoms with E-state index >= 15 is 0 Å². The quantitative estimate of drug-likeness (QED) is 0.892. The Balaban J connectivity index is 2.12. The van der Waals surface area contributed by atoms with E-state index in [0.717, 1.165) is 16.8 Å². The number of aryl methyl sites for hydroxylation is 1. The molecule has 1 aromatic carbocycles. The van der Waals surface area contributed by atoms with Crippen molar-refractivity contribution in [1.29, 1.82) is 0 Å². The number of rotatable bonds is 4. The highest BCUT2D eigenvalue weighted by Gasteiger charge is 2.28. The van der Waals surface area contributed by atoms with Crippen LogP contribution < -0.4 is 10.6 Å². The maximum atomic E-state index is 12.3. The Hall–Kier alpha value is -1.56. The maximum absolute atomic E-state index is 12.3. The number of amides is 1. The number of anilines is 1. The monoisotopic (exact) mass is 286 g/mol. The Kier molecular flexibility index (Phi) is 4.32. The number of alkyl halides is 3. The van der Waals surface area contributed by atoms with Gasteiger partial charge in [-0.05, 0) is 37.1 Å². The fraction of sp³-hybridized carbons (Fsp3) is 0.500. The number of hydrogen-bond donors (Lipinski definition) is 2. The van der Waals surface area contributed by atoms with Gasteiger partial charge in [-0.1, -0.05) is 12.1 Å². The Morgan fingerprint density at radius 3 is 2.75 bits per heavy atom. The van der Waals surface area contributed by atoms with E-state index in [1.807, 2.05) is 6.07 Å². The minimum absolute atomic E-state index is 0.00510. The molecule has 0 fully saturated rings. The standard InChI is InChI=1S/C14H17F3N2O/c1-18-11(6-7-14(15,16)17)9-2-4-12-10(8-9)3-5-13(20)19-12/h2,4,8,11,18H,3,5-7H2,1H3,(H,19,20). The van der Waals surface area contributed by atoms with Crippen molar-refractivity contribution in [2.24, 2.45) is 0 Å². The fourth-order valence-electron chi connectivity index (χ4n) is 2.41. The van der Waals surface area contributed by atoms with Crippen molar-refractivity contribution in [3.8, 4) is 0 Å². The van der Waals surface area contributed by atoms with Crippen LogP contribution in [-0.4, -0.2) is 19.1 Å². The zero-order chi connectivity index (χ0) is 14.8. The second-order valence-electron chi connectivity index (χ2n) is 4.96. The number of carbonyl (C=O) groups is 1. The average Bonchev–Trinajstić information content (AvgIpc) is 2.38. The van der Waals surface area contributed by atoms with E-state index in [1.54, 1.807) is 19.2 Å². The third kappa shape index (κ3) is 3.72. The molecule has 1 aliphatic heterocycles. The molecule has 0 aliphatic carbocycles. The lowest BCUT2D eigenvalue weighted by atomic mass is 9.95. The lowest BCUT2D eigenvalue weighted by Gasteiger charge is -2.22. The van der Waals surface area contributed by atoms with E-state index in [4.69, 9.17) is 0 Å². The first-order valence-electron chi connectivity index (χ1n) is 6.56. The number of nitrogens with one attached hydrogen (secondary N) is 2. The van der Waals surface area contributed by atoms with Gasteiger partial charge in [0.25, 0.3) is 0 Å². The topological polar surface area (TPSA) is 41.1 Å². The molecule has 1 amide bonds. The van der Waals surface area contributed by atoms with Crippen molar-refractivity contribution < 1.29 is 18.0 Å². The summed E-state index contributed by atoms with van der Waals surface area (Å²) in [5.74, 6) is -0.0208. The van der Waals surface area contributed by atoms with Gasteiger partial charge in [0.05, 0.1) is 0 Å². The molecule has 0 bridgehead atoms. The first kappa shape index (κ1) is 14.8. The second-order valence-corrected chi connectivity index (χ2v) is 4.96. The van der Waals surface area contributed by atoms with Crippen LogP contribution in [0.15, 0.2) is 18.2 Å². The van der Waals surface area contributed by atoms with Crippen LogP contribution in [0, 0.1) is 0 Å². The number of halogens is 3. The van der Waals surface area contributed by atoms with E-state index in [0.29, 0.717) is 12.8 Å². The first-order valence-corrected chi connectivity index (χ1v) is 6.56. The van der Waals surface area contributed by atoms with Crippen molar-refractivity contribution in [2.75, 3.05) is 12.4 Å². The van der Waals surface area contributed by atoms with Gasteiger partial charge >= 0.3 is 6.18 Å². The molecule has 20 heavy (non-hydrogen) atoms. The highest BCUT2D eigenvalue weighted by atomic mass is 19.4. The Morgan fingerprint density at radius 2 is 2.10 bits per heavy atom. The van der Waals surface area contributed by atoms with Crippen molar-refractivity contribution in [2.45, 2.75) is 37.9 Å². The van der Waals surface area contributed by atoms with Gasteiger partial charge in [0, 0.05) is 24.6 Å². The molecule has 1 aromatic rings. The van der Waals surface area contributed by atoms with Gasteiger partial charge in [-0.15, -0.1) is 0 Å². The molecule has 1 unspecified atom stereocenters. The summed E-state index contributed by atoms with van der Waals surface area (Å²) in [6.45, 7) is 0. The predicted octanol–water partition coefficient (Wildman–Crippen LogP) is 3.17. The first-order chi connectivity index (χ1) is 9.39. The molecule has 6 heteroatoms. The molecule has 0 saturated carbocycles. The van der Waals surface area contributed by atoms with Gasteiger partial charge in [0.15, 0.2) is 0 Å². The van der Waals surface area contributed by atoms with Crippen LogP contribution in [0.4, 0.5) is 18.9 Å². The number of fused-ring (bicyclic) bond motifs is 1. The second kappa shape index (κ2) is 5.83. The van der Waals surface area contributed by atoms with Crippen molar-refractivity contribution in [3.05, 3.63) is 29.3 Å². The van der Waals surface area contributed by atoms with E-state index in [1.165, 1.54) is 0 Å². The summed E-state index contributed by atoms with van der Waals surface area (Å²) in [5, 5.41) is 5.68. The Bertz CT molecular complexity index is 500. The van der Waals surface area contributed by atoms with Gasteiger partial charge in [0.2, 0.25) is 5.91 Å². The van der Waals surface area contributed by atoms with E-state index in [9.17, 15) is 18.0 Å². The van der Waals surface area contributed by atoms with E-state index in [2.05, 4.69) is 10.6 Å². The normalized spacial score (nSPS) is 16.5. The van der Waals surface area contributed by atoms with Crippen LogP contribution in [-0.2, 0) is 11.2 Å². The van der Waals surface area contributed by atoms with Gasteiger partial charge in [-0.2, -0.15) is 13.2 Å². The largest absolute Gasteiger partial charge is 0.389 e. The summed E-state index contributed by atoms with van der Waals surface area (Å²) in [4.78, 5) is 11.3. The highest BCUT2D eigenvalue weighted by Crippen LogP contribution is 2.30. The molecule has 2 N–H and O–H groups in total. The fourth-order valence-corrected chi connectivity index (χ4v) is 2.41. The Labute approximate surface area is 115 Å². The molecular weight excluding hydrogens is 269 g/mol. The third-order valence-electron chi connectivity index (χ3n) is 3.49. The lowest BCUT2D eigenvalue weighted by Crippen LogP contribution is -2.22. The van der Waals surface area contributed by atoms with Crippen molar-refractivity contribution in [3.63, 3.8) is 0 Å².